The summed E-state index contributed by atoms with van der Waals surface area (Å²) in [5.74, 6) is 1.72. The molecule has 4 nitrogen and oxygen atoms in total. The minimum Gasteiger partial charge on any atom is -0.497 e. The lowest BCUT2D eigenvalue weighted by molar-refractivity contribution is 0.414. The van der Waals surface area contributed by atoms with Crippen molar-refractivity contribution < 1.29 is 4.74 Å². The van der Waals surface area contributed by atoms with Crippen LogP contribution in [-0.2, 0) is 0 Å². The summed E-state index contributed by atoms with van der Waals surface area (Å²) in [6, 6.07) is 16.3. The molecule has 0 spiro atoms. The van der Waals surface area contributed by atoms with Crippen LogP contribution < -0.4 is 15.4 Å². The van der Waals surface area contributed by atoms with Gasteiger partial charge in [0.05, 0.1) is 19.3 Å². The van der Waals surface area contributed by atoms with Gasteiger partial charge in [-0.3, -0.25) is 4.99 Å². The molecule has 0 saturated heterocycles. The molecule has 0 saturated carbocycles. The van der Waals surface area contributed by atoms with Crippen LogP contribution in [0.2, 0.25) is 0 Å². The van der Waals surface area contributed by atoms with Crippen LogP contribution in [0.3, 0.4) is 0 Å². The smallest absolute Gasteiger partial charge is 0.195 e. The topological polar surface area (TPSA) is 45.6 Å². The minimum atomic E-state index is 0.829. The van der Waals surface area contributed by atoms with E-state index in [0.29, 0.717) is 0 Å². The number of rotatable bonds is 4. The van der Waals surface area contributed by atoms with Gasteiger partial charge in [0.25, 0.3) is 0 Å². The first kappa shape index (κ1) is 13.8. The van der Waals surface area contributed by atoms with Crippen LogP contribution in [0, 0.1) is 0 Å². The lowest BCUT2D eigenvalue weighted by Gasteiger charge is -2.12. The van der Waals surface area contributed by atoms with E-state index in [1.54, 1.807) is 18.9 Å². The average molecular weight is 299 g/mol. The van der Waals surface area contributed by atoms with Gasteiger partial charge in [0, 0.05) is 16.3 Å². The normalized spacial score (nSPS) is 13.5. The van der Waals surface area contributed by atoms with E-state index in [1.165, 1.54) is 9.79 Å². The molecular formula is C16H17N3OS. The highest BCUT2D eigenvalue weighted by Crippen LogP contribution is 2.34. The van der Waals surface area contributed by atoms with Gasteiger partial charge in [-0.05, 0) is 36.4 Å². The number of ether oxygens (including phenoxy) is 1. The van der Waals surface area contributed by atoms with Crippen LogP contribution in [0.4, 0.5) is 5.69 Å². The molecular weight excluding hydrogens is 282 g/mol. The van der Waals surface area contributed by atoms with Crippen LogP contribution in [0.1, 0.15) is 0 Å². The number of aliphatic imine (C=N–C) groups is 1. The number of nitrogens with zero attached hydrogens (tertiary/aromatic N) is 1. The summed E-state index contributed by atoms with van der Waals surface area (Å²) in [5, 5.41) is 6.57. The summed E-state index contributed by atoms with van der Waals surface area (Å²) in [6.45, 7) is 1.73. The molecule has 2 aromatic rings. The van der Waals surface area contributed by atoms with Crippen molar-refractivity contribution in [2.45, 2.75) is 9.79 Å². The van der Waals surface area contributed by atoms with Gasteiger partial charge in [-0.1, -0.05) is 23.9 Å². The van der Waals surface area contributed by atoms with E-state index >= 15 is 0 Å². The van der Waals surface area contributed by atoms with Gasteiger partial charge in [0.2, 0.25) is 0 Å². The predicted octanol–water partition coefficient (Wildman–Crippen LogP) is 3.22. The highest BCUT2D eigenvalue weighted by Gasteiger charge is 2.09. The summed E-state index contributed by atoms with van der Waals surface area (Å²) >= 11 is 1.72. The first-order valence-corrected chi connectivity index (χ1v) is 7.63. The number of methoxy groups -OCH3 is 1. The molecule has 0 unspecified atom stereocenters. The van der Waals surface area contributed by atoms with Crippen molar-refractivity contribution >= 4 is 23.4 Å². The molecule has 0 radical (unpaired) electrons. The summed E-state index contributed by atoms with van der Waals surface area (Å²) in [6.07, 6.45) is 0. The lowest BCUT2D eigenvalue weighted by atomic mass is 10.3. The van der Waals surface area contributed by atoms with Gasteiger partial charge in [-0.25, -0.2) is 0 Å². The standard InChI is InChI=1S/C16H17N3OS/c1-20-12-6-8-13(9-7-12)21-15-5-3-2-4-14(15)19-16-17-10-11-18-16/h2-9H,10-11H2,1H3,(H2,17,18,19). The second-order valence-electron chi connectivity index (χ2n) is 4.56. The number of hydrogen-bond donors (Lipinski definition) is 2. The van der Waals surface area contributed by atoms with Crippen LogP contribution in [0.25, 0.3) is 0 Å². The van der Waals surface area contributed by atoms with E-state index in [9.17, 15) is 0 Å². The number of benzene rings is 2. The molecule has 0 aliphatic carbocycles. The Hall–Kier alpha value is -2.14. The monoisotopic (exact) mass is 299 g/mol. The van der Waals surface area contributed by atoms with Gasteiger partial charge < -0.3 is 15.4 Å². The zero-order chi connectivity index (χ0) is 14.5. The number of guanidine groups is 1. The van der Waals surface area contributed by atoms with Crippen molar-refractivity contribution in [3.63, 3.8) is 0 Å². The van der Waals surface area contributed by atoms with E-state index in [0.717, 1.165) is 30.5 Å². The number of hydrogen-bond acceptors (Lipinski definition) is 5. The third-order valence-corrected chi connectivity index (χ3v) is 4.19. The van der Waals surface area contributed by atoms with Gasteiger partial charge in [0.1, 0.15) is 5.75 Å². The Bertz CT molecular complexity index is 640. The van der Waals surface area contributed by atoms with Crippen molar-refractivity contribution in [3.8, 4) is 5.75 Å². The molecule has 2 aromatic carbocycles. The van der Waals surface area contributed by atoms with Crippen LogP contribution in [-0.4, -0.2) is 26.2 Å². The fourth-order valence-electron chi connectivity index (χ4n) is 2.04. The number of nitrogens with one attached hydrogen (secondary N) is 2. The maximum absolute atomic E-state index is 5.19. The zero-order valence-corrected chi connectivity index (χ0v) is 12.6. The summed E-state index contributed by atoms with van der Waals surface area (Å²) < 4.78 is 5.19. The Morgan fingerprint density at radius 1 is 1.14 bits per heavy atom. The van der Waals surface area contributed by atoms with Gasteiger partial charge in [0.15, 0.2) is 5.96 Å². The molecule has 108 valence electrons. The molecule has 1 aliphatic rings. The van der Waals surface area contributed by atoms with Crippen molar-refractivity contribution in [1.82, 2.24) is 5.32 Å². The lowest BCUT2D eigenvalue weighted by Crippen LogP contribution is -2.26. The predicted molar refractivity (Wildman–Crippen MR) is 87.5 cm³/mol. The van der Waals surface area contributed by atoms with Gasteiger partial charge in [-0.2, -0.15) is 0 Å². The quantitative estimate of drug-likeness (QED) is 0.910. The van der Waals surface area contributed by atoms with E-state index in [4.69, 9.17) is 4.74 Å². The highest BCUT2D eigenvalue weighted by molar-refractivity contribution is 7.99. The Balaban J connectivity index is 1.77. The van der Waals surface area contributed by atoms with Crippen molar-refractivity contribution in [1.29, 1.82) is 0 Å². The summed E-state index contributed by atoms with van der Waals surface area (Å²) in [4.78, 5) is 6.71. The Labute approximate surface area is 128 Å². The maximum atomic E-state index is 5.19. The zero-order valence-electron chi connectivity index (χ0n) is 11.8. The van der Waals surface area contributed by atoms with Crippen LogP contribution in [0.5, 0.6) is 5.75 Å². The summed E-state index contributed by atoms with van der Waals surface area (Å²) in [5.41, 5.74) is 1.06. The second kappa shape index (κ2) is 6.54. The van der Waals surface area contributed by atoms with E-state index < -0.39 is 0 Å². The van der Waals surface area contributed by atoms with Crippen molar-refractivity contribution in [2.24, 2.45) is 4.99 Å². The average Bonchev–Trinajstić information content (AvgIpc) is 3.03. The first-order chi connectivity index (χ1) is 10.3. The van der Waals surface area contributed by atoms with Gasteiger partial charge >= 0.3 is 0 Å². The molecule has 0 fully saturated rings. The Kier molecular flexibility index (Phi) is 4.31. The Morgan fingerprint density at radius 2 is 1.95 bits per heavy atom. The Morgan fingerprint density at radius 3 is 2.67 bits per heavy atom. The van der Waals surface area contributed by atoms with Crippen molar-refractivity contribution in [3.05, 3.63) is 48.5 Å². The SMILES string of the molecule is COc1ccc(Sc2ccccc2NC2=NCCN2)cc1. The van der Waals surface area contributed by atoms with Crippen LogP contribution in [0.15, 0.2) is 63.3 Å². The van der Waals surface area contributed by atoms with E-state index in [1.807, 2.05) is 24.3 Å². The summed E-state index contributed by atoms with van der Waals surface area (Å²) in [7, 11) is 1.68. The fourth-order valence-corrected chi connectivity index (χ4v) is 2.94. The second-order valence-corrected chi connectivity index (χ2v) is 5.67. The third kappa shape index (κ3) is 3.49. The van der Waals surface area contributed by atoms with Crippen molar-refractivity contribution in [2.75, 3.05) is 25.5 Å². The fraction of sp³-hybridized carbons (Fsp3) is 0.188. The number of anilines is 1. The molecule has 0 atom stereocenters. The highest BCUT2D eigenvalue weighted by atomic mass is 32.2. The molecule has 0 bridgehead atoms. The molecule has 0 amide bonds. The van der Waals surface area contributed by atoms with E-state index in [2.05, 4.69) is 39.9 Å². The first-order valence-electron chi connectivity index (χ1n) is 6.81. The maximum Gasteiger partial charge on any atom is 0.195 e. The molecule has 2 N–H and O–H groups in total. The van der Waals surface area contributed by atoms with E-state index in [-0.39, 0.29) is 0 Å². The minimum absolute atomic E-state index is 0.829. The third-order valence-electron chi connectivity index (χ3n) is 3.10. The number of para-hydroxylation sites is 1. The van der Waals surface area contributed by atoms with Gasteiger partial charge in [-0.15, -0.1) is 0 Å². The molecule has 1 heterocycles. The van der Waals surface area contributed by atoms with Crippen LogP contribution >= 0.6 is 11.8 Å². The molecule has 5 heteroatoms. The molecule has 0 aromatic heterocycles. The largest absolute Gasteiger partial charge is 0.497 e. The molecule has 3 rings (SSSR count). The molecule has 1 aliphatic heterocycles. The molecule has 21 heavy (non-hydrogen) atoms.